The number of methoxy groups -OCH3 is 1. The Morgan fingerprint density at radius 1 is 0.707 bits per heavy atom. The fourth-order valence-corrected chi connectivity index (χ4v) is 5.17. The summed E-state index contributed by atoms with van der Waals surface area (Å²) < 4.78 is 212. The lowest BCUT2D eigenvalue weighted by molar-refractivity contribution is -0.406. The van der Waals surface area contributed by atoms with Gasteiger partial charge in [0, 0.05) is 11.8 Å². The molecule has 244 valence electrons. The van der Waals surface area contributed by atoms with Crippen molar-refractivity contribution in [2.75, 3.05) is 7.11 Å². The number of hydrogen-bond acceptors (Lipinski definition) is 5. The van der Waals surface area contributed by atoms with Crippen LogP contribution in [-0.2, 0) is 14.3 Å². The lowest BCUT2D eigenvalue weighted by Gasteiger charge is -2.49. The van der Waals surface area contributed by atoms with E-state index in [2.05, 4.69) is 4.74 Å². The molecule has 4 unspecified atom stereocenters. The van der Waals surface area contributed by atoms with Crippen LogP contribution >= 0.6 is 0 Å². The Labute approximate surface area is 221 Å². The Morgan fingerprint density at radius 2 is 1.05 bits per heavy atom. The number of esters is 1. The normalized spacial score (nSPS) is 24.5. The van der Waals surface area contributed by atoms with Gasteiger partial charge in [-0.25, -0.2) is 0 Å². The molecule has 20 heteroatoms. The van der Waals surface area contributed by atoms with E-state index in [0.29, 0.717) is 14.0 Å². The summed E-state index contributed by atoms with van der Waals surface area (Å²) >= 11 is 0. The molecule has 5 nitrogen and oxygen atoms in total. The summed E-state index contributed by atoms with van der Waals surface area (Å²) in [5.41, 5.74) is -15.2. The third-order valence-corrected chi connectivity index (χ3v) is 7.36. The van der Waals surface area contributed by atoms with Crippen molar-refractivity contribution in [1.29, 1.82) is 0 Å². The molecule has 0 saturated heterocycles. The van der Waals surface area contributed by atoms with E-state index in [9.17, 15) is 80.9 Å². The predicted molar refractivity (Wildman–Crippen MR) is 105 cm³/mol. The molecule has 0 aromatic heterocycles. The molecule has 0 aromatic carbocycles. The quantitative estimate of drug-likeness (QED) is 0.237. The van der Waals surface area contributed by atoms with Gasteiger partial charge in [0.1, 0.15) is 0 Å². The molecule has 0 amide bonds. The lowest BCUT2D eigenvalue weighted by atomic mass is 9.65. The monoisotopic (exact) mass is 642 g/mol. The second-order valence-corrected chi connectivity index (χ2v) is 9.82. The van der Waals surface area contributed by atoms with Crippen LogP contribution in [0, 0.1) is 17.3 Å². The van der Waals surface area contributed by atoms with E-state index in [1.807, 2.05) is 0 Å². The average molecular weight is 642 g/mol. The van der Waals surface area contributed by atoms with Gasteiger partial charge < -0.3 is 19.7 Å². The van der Waals surface area contributed by atoms with Gasteiger partial charge in [0.25, 0.3) is 11.2 Å². The fourth-order valence-electron chi connectivity index (χ4n) is 5.17. The van der Waals surface area contributed by atoms with Gasteiger partial charge in [0.15, 0.2) is 5.41 Å². The molecule has 0 heterocycles. The smallest absolute Gasteiger partial charge is 0.426 e. The number of halogens is 15. The maximum atomic E-state index is 13.8. The second kappa shape index (κ2) is 11.4. The standard InChI is InChI=1S/C21H25F15O5/c1-4-14(13(37)40-3,17(22,23)24)8-9(2)41-12-6-10(15(38,18(25,26)27)19(28,29)30)5-11(7-12)16(39,20(31,32)33)21(34,35)36/h9-12,38-39H,4-8H2,1-3H3. The number of carbonyl (C=O) groups excluding carboxylic acids is 1. The van der Waals surface area contributed by atoms with E-state index in [-0.39, 0.29) is 0 Å². The van der Waals surface area contributed by atoms with Crippen LogP contribution in [0.5, 0.6) is 0 Å². The van der Waals surface area contributed by atoms with E-state index < -0.39 is 110 Å². The number of aliphatic hydroxyl groups is 2. The molecule has 1 aliphatic carbocycles. The van der Waals surface area contributed by atoms with Crippen molar-refractivity contribution in [2.45, 2.75) is 100 Å². The third kappa shape index (κ3) is 6.62. The first-order valence-electron chi connectivity index (χ1n) is 11.5. The maximum absolute atomic E-state index is 13.8. The Morgan fingerprint density at radius 3 is 1.29 bits per heavy atom. The number of hydrogen-bond donors (Lipinski definition) is 2. The summed E-state index contributed by atoms with van der Waals surface area (Å²) in [7, 11) is 0.546. The number of carbonyl (C=O) groups is 1. The molecule has 1 aliphatic rings. The van der Waals surface area contributed by atoms with Gasteiger partial charge >= 0.3 is 36.9 Å². The Balaban J connectivity index is 3.71. The van der Waals surface area contributed by atoms with Gasteiger partial charge in [-0.2, -0.15) is 65.9 Å². The Kier molecular flexibility index (Phi) is 10.4. The van der Waals surface area contributed by atoms with E-state index in [0.717, 1.165) is 6.92 Å². The zero-order chi connectivity index (χ0) is 32.8. The van der Waals surface area contributed by atoms with Crippen LogP contribution in [0.25, 0.3) is 0 Å². The first kappa shape index (κ1) is 37.3. The molecule has 2 N–H and O–H groups in total. The minimum absolute atomic E-state index is 0.546. The highest BCUT2D eigenvalue weighted by atomic mass is 19.4. The van der Waals surface area contributed by atoms with Crippen molar-refractivity contribution in [2.24, 2.45) is 17.3 Å². The molecule has 1 fully saturated rings. The van der Waals surface area contributed by atoms with Crippen LogP contribution < -0.4 is 0 Å². The number of ether oxygens (including phenoxy) is 2. The maximum Gasteiger partial charge on any atom is 0.426 e. The molecule has 0 bridgehead atoms. The first-order valence-corrected chi connectivity index (χ1v) is 11.5. The van der Waals surface area contributed by atoms with Gasteiger partial charge in [-0.1, -0.05) is 6.92 Å². The lowest BCUT2D eigenvalue weighted by Crippen LogP contribution is -2.67. The van der Waals surface area contributed by atoms with Crippen molar-refractivity contribution < 1.29 is 90.3 Å². The molecule has 1 rings (SSSR count). The molecule has 0 spiro atoms. The molecular formula is C21H25F15O5. The van der Waals surface area contributed by atoms with Crippen LogP contribution in [0.15, 0.2) is 0 Å². The van der Waals surface area contributed by atoms with Crippen molar-refractivity contribution in [3.8, 4) is 0 Å². The fraction of sp³-hybridized carbons (Fsp3) is 0.952. The molecule has 0 aromatic rings. The van der Waals surface area contributed by atoms with E-state index in [1.165, 1.54) is 0 Å². The van der Waals surface area contributed by atoms with Gasteiger partial charge in [-0.3, -0.25) is 4.79 Å². The number of alkyl halides is 15. The largest absolute Gasteiger partial charge is 0.468 e. The highest BCUT2D eigenvalue weighted by molar-refractivity contribution is 5.77. The highest BCUT2D eigenvalue weighted by Crippen LogP contribution is 2.58. The molecule has 1 saturated carbocycles. The van der Waals surface area contributed by atoms with Crippen molar-refractivity contribution in [1.82, 2.24) is 0 Å². The minimum Gasteiger partial charge on any atom is -0.468 e. The Hall–Kier alpha value is -1.70. The predicted octanol–water partition coefficient (Wildman–Crippen LogP) is 6.41. The van der Waals surface area contributed by atoms with Crippen LogP contribution in [-0.4, -0.2) is 77.6 Å². The topological polar surface area (TPSA) is 76.0 Å². The van der Waals surface area contributed by atoms with E-state index >= 15 is 0 Å². The summed E-state index contributed by atoms with van der Waals surface area (Å²) in [6.45, 7) is 1.51. The highest BCUT2D eigenvalue weighted by Gasteiger charge is 2.78. The van der Waals surface area contributed by atoms with Crippen LogP contribution in [0.2, 0.25) is 0 Å². The molecule has 0 aliphatic heterocycles. The number of rotatable bonds is 8. The molecular weight excluding hydrogens is 617 g/mol. The molecule has 4 atom stereocenters. The SMILES string of the molecule is CCC(CC(C)OC1CC(C(O)(C(F)(F)F)C(F)(F)F)CC(C(O)(C(F)(F)F)C(F)(F)F)C1)(C(=O)OC)C(F)(F)F. The van der Waals surface area contributed by atoms with Gasteiger partial charge in [-0.05, 0) is 39.0 Å². The third-order valence-electron chi connectivity index (χ3n) is 7.36. The van der Waals surface area contributed by atoms with Crippen LogP contribution in [0.3, 0.4) is 0 Å². The van der Waals surface area contributed by atoms with Gasteiger partial charge in [-0.15, -0.1) is 0 Å². The van der Waals surface area contributed by atoms with E-state index in [1.54, 1.807) is 0 Å². The van der Waals surface area contributed by atoms with E-state index in [4.69, 9.17) is 4.74 Å². The first-order chi connectivity index (χ1) is 18.0. The van der Waals surface area contributed by atoms with Gasteiger partial charge in [0.05, 0.1) is 19.3 Å². The van der Waals surface area contributed by atoms with Gasteiger partial charge in [0.2, 0.25) is 0 Å². The zero-order valence-electron chi connectivity index (χ0n) is 21.1. The average Bonchev–Trinajstić information content (AvgIpc) is 2.76. The van der Waals surface area contributed by atoms with Crippen molar-refractivity contribution >= 4 is 5.97 Å². The summed E-state index contributed by atoms with van der Waals surface area (Å²) in [6, 6.07) is 0. The summed E-state index contributed by atoms with van der Waals surface area (Å²) in [4.78, 5) is 12.0. The second-order valence-electron chi connectivity index (χ2n) is 9.82. The van der Waals surface area contributed by atoms with Crippen molar-refractivity contribution in [3.05, 3.63) is 0 Å². The van der Waals surface area contributed by atoms with Crippen molar-refractivity contribution in [3.63, 3.8) is 0 Å². The van der Waals surface area contributed by atoms with Crippen LogP contribution in [0.1, 0.15) is 46.0 Å². The summed E-state index contributed by atoms with van der Waals surface area (Å²) in [6.07, 6.45) is -45.2. The minimum atomic E-state index is -6.72. The van der Waals surface area contributed by atoms with Crippen LogP contribution in [0.4, 0.5) is 65.9 Å². The zero-order valence-corrected chi connectivity index (χ0v) is 21.1. The molecule has 0 radical (unpaired) electrons. The summed E-state index contributed by atoms with van der Waals surface area (Å²) in [5.74, 6) is -9.00. The summed E-state index contributed by atoms with van der Waals surface area (Å²) in [5, 5.41) is 19.5. The molecule has 41 heavy (non-hydrogen) atoms. The Bertz CT molecular complexity index is 831.